The van der Waals surface area contributed by atoms with Crippen LogP contribution in [-0.4, -0.2) is 72.8 Å². The molecular formula is C29H32N6O4. The van der Waals surface area contributed by atoms with Gasteiger partial charge in [0, 0.05) is 73.1 Å². The molecule has 3 saturated heterocycles. The number of ether oxygens (including phenoxy) is 1. The Hall–Kier alpha value is -4.34. The Kier molecular flexibility index (Phi) is 6.46. The second-order valence-electron chi connectivity index (χ2n) is 10.4. The maximum absolute atomic E-state index is 13.7. The van der Waals surface area contributed by atoms with Gasteiger partial charge in [-0.2, -0.15) is 5.10 Å². The molecular weight excluding hydrogens is 496 g/mol. The van der Waals surface area contributed by atoms with Crippen LogP contribution in [0.2, 0.25) is 0 Å². The summed E-state index contributed by atoms with van der Waals surface area (Å²) in [5.74, 6) is 0.772. The molecule has 10 heteroatoms. The summed E-state index contributed by atoms with van der Waals surface area (Å²) in [6.07, 6.45) is 6.50. The Morgan fingerprint density at radius 3 is 2.38 bits per heavy atom. The molecule has 2 aromatic carbocycles. The molecule has 2 N–H and O–H groups in total. The highest BCUT2D eigenvalue weighted by molar-refractivity contribution is 6.01. The van der Waals surface area contributed by atoms with Crippen LogP contribution >= 0.6 is 0 Å². The third-order valence-electron chi connectivity index (χ3n) is 8.33. The third kappa shape index (κ3) is 4.49. The number of carbonyl (C=O) groups is 3. The highest BCUT2D eigenvalue weighted by atomic mass is 16.5. The number of nitrogens with zero attached hydrogens (tertiary/aromatic N) is 4. The summed E-state index contributed by atoms with van der Waals surface area (Å²) in [5, 5.41) is 9.68. The molecule has 1 spiro atoms. The minimum absolute atomic E-state index is 0.0404. The monoisotopic (exact) mass is 528 g/mol. The van der Waals surface area contributed by atoms with Gasteiger partial charge in [0.25, 0.3) is 5.91 Å². The van der Waals surface area contributed by atoms with Crippen molar-refractivity contribution < 1.29 is 19.1 Å². The maximum atomic E-state index is 13.7. The Balaban J connectivity index is 1.11. The molecule has 0 unspecified atom stereocenters. The van der Waals surface area contributed by atoms with Gasteiger partial charge in [0.15, 0.2) is 0 Å². The number of likely N-dealkylation sites (tertiary alicyclic amines) is 1. The van der Waals surface area contributed by atoms with E-state index in [1.54, 1.807) is 30.3 Å². The topological polar surface area (TPSA) is 111 Å². The van der Waals surface area contributed by atoms with Crippen LogP contribution in [0.5, 0.6) is 5.75 Å². The van der Waals surface area contributed by atoms with Crippen molar-refractivity contribution in [3.63, 3.8) is 0 Å². The number of nitrogens with one attached hydrogen (secondary N) is 2. The maximum Gasteiger partial charge on any atom is 0.321 e. The van der Waals surface area contributed by atoms with Gasteiger partial charge in [0.05, 0.1) is 18.7 Å². The number of piperidine rings is 1. The molecule has 0 atom stereocenters. The molecule has 6 rings (SSSR count). The highest BCUT2D eigenvalue weighted by Gasteiger charge is 2.49. The number of aromatic nitrogens is 2. The van der Waals surface area contributed by atoms with Crippen LogP contribution in [0.1, 0.15) is 36.0 Å². The molecule has 4 heterocycles. The molecule has 202 valence electrons. The van der Waals surface area contributed by atoms with Crippen LogP contribution in [0, 0.1) is 5.41 Å². The van der Waals surface area contributed by atoms with E-state index in [1.807, 2.05) is 46.3 Å². The lowest BCUT2D eigenvalue weighted by Gasteiger charge is -2.38. The summed E-state index contributed by atoms with van der Waals surface area (Å²) in [4.78, 5) is 44.4. The van der Waals surface area contributed by atoms with Crippen molar-refractivity contribution in [2.24, 2.45) is 5.41 Å². The number of anilines is 2. The molecule has 0 saturated carbocycles. The first-order valence-electron chi connectivity index (χ1n) is 13.4. The predicted molar refractivity (Wildman–Crippen MR) is 147 cm³/mol. The molecule has 3 aromatic rings. The van der Waals surface area contributed by atoms with E-state index < -0.39 is 5.41 Å². The molecule has 0 bridgehead atoms. The number of carbonyl (C=O) groups excluding carboxylic acids is 3. The number of rotatable bonds is 5. The summed E-state index contributed by atoms with van der Waals surface area (Å²) in [6, 6.07) is 12.9. The fourth-order valence-corrected chi connectivity index (χ4v) is 6.00. The third-order valence-corrected chi connectivity index (χ3v) is 8.33. The van der Waals surface area contributed by atoms with E-state index in [-0.39, 0.29) is 17.8 Å². The SMILES string of the molecule is COc1cc(N2CCC3(CCN(C(=O)c4ccc(N5CCCNC5=O)cc4)CC3)C2=O)ccc1-c1cn[nH]c1. The zero-order chi connectivity index (χ0) is 27.0. The average Bonchev–Trinajstić information content (AvgIpc) is 3.62. The van der Waals surface area contributed by atoms with Gasteiger partial charge in [-0.05, 0) is 62.1 Å². The van der Waals surface area contributed by atoms with Crippen molar-refractivity contribution >= 4 is 29.2 Å². The van der Waals surface area contributed by atoms with Gasteiger partial charge >= 0.3 is 6.03 Å². The summed E-state index contributed by atoms with van der Waals surface area (Å²) in [5.41, 5.74) is 3.59. The molecule has 3 fully saturated rings. The first-order valence-corrected chi connectivity index (χ1v) is 13.4. The van der Waals surface area contributed by atoms with Gasteiger partial charge in [0.2, 0.25) is 5.91 Å². The van der Waals surface area contributed by atoms with Crippen molar-refractivity contribution in [3.05, 3.63) is 60.4 Å². The van der Waals surface area contributed by atoms with Crippen LogP contribution in [0.25, 0.3) is 11.1 Å². The fraction of sp³-hybridized carbons (Fsp3) is 0.379. The number of aromatic amines is 1. The minimum Gasteiger partial charge on any atom is -0.496 e. The number of hydrogen-bond acceptors (Lipinski definition) is 5. The summed E-state index contributed by atoms with van der Waals surface area (Å²) in [6.45, 7) is 3.08. The average molecular weight is 529 g/mol. The van der Waals surface area contributed by atoms with Gasteiger partial charge in [-0.3, -0.25) is 19.6 Å². The molecule has 0 aliphatic carbocycles. The van der Waals surface area contributed by atoms with Gasteiger partial charge in [0.1, 0.15) is 5.75 Å². The van der Waals surface area contributed by atoms with Crippen molar-refractivity contribution in [1.82, 2.24) is 20.4 Å². The Morgan fingerprint density at radius 1 is 0.949 bits per heavy atom. The van der Waals surface area contributed by atoms with E-state index in [9.17, 15) is 14.4 Å². The number of benzene rings is 2. The smallest absolute Gasteiger partial charge is 0.321 e. The van der Waals surface area contributed by atoms with Gasteiger partial charge in [-0.15, -0.1) is 0 Å². The van der Waals surface area contributed by atoms with Crippen LogP contribution in [0.3, 0.4) is 0 Å². The number of amides is 4. The quantitative estimate of drug-likeness (QED) is 0.525. The fourth-order valence-electron chi connectivity index (χ4n) is 6.00. The van der Waals surface area contributed by atoms with Crippen LogP contribution in [0.4, 0.5) is 16.2 Å². The Labute approximate surface area is 226 Å². The number of hydrogen-bond donors (Lipinski definition) is 2. The molecule has 3 aliphatic heterocycles. The molecule has 1 aromatic heterocycles. The van der Waals surface area contributed by atoms with Gasteiger partial charge in [-0.1, -0.05) is 0 Å². The van der Waals surface area contributed by atoms with E-state index >= 15 is 0 Å². The lowest BCUT2D eigenvalue weighted by Crippen LogP contribution is -2.47. The van der Waals surface area contributed by atoms with Crippen molar-refractivity contribution in [2.45, 2.75) is 25.7 Å². The lowest BCUT2D eigenvalue weighted by molar-refractivity contribution is -0.127. The first kappa shape index (κ1) is 25.0. The lowest BCUT2D eigenvalue weighted by atomic mass is 9.77. The molecule has 4 amide bonds. The second kappa shape index (κ2) is 10.1. The first-order chi connectivity index (χ1) is 19.0. The summed E-state index contributed by atoms with van der Waals surface area (Å²) < 4.78 is 5.62. The molecule has 3 aliphatic rings. The number of H-pyrrole nitrogens is 1. The van der Waals surface area contributed by atoms with E-state index in [1.165, 1.54) is 0 Å². The van der Waals surface area contributed by atoms with E-state index in [2.05, 4.69) is 15.5 Å². The zero-order valence-electron chi connectivity index (χ0n) is 22.0. The van der Waals surface area contributed by atoms with Gasteiger partial charge < -0.3 is 19.9 Å². The zero-order valence-corrected chi connectivity index (χ0v) is 22.0. The largest absolute Gasteiger partial charge is 0.496 e. The van der Waals surface area contributed by atoms with E-state index in [0.717, 1.165) is 35.3 Å². The molecule has 10 nitrogen and oxygen atoms in total. The van der Waals surface area contributed by atoms with Crippen LogP contribution in [-0.2, 0) is 4.79 Å². The Bertz CT molecular complexity index is 1380. The molecule has 0 radical (unpaired) electrons. The number of urea groups is 1. The Morgan fingerprint density at radius 2 is 1.69 bits per heavy atom. The molecule has 39 heavy (non-hydrogen) atoms. The van der Waals surface area contributed by atoms with Crippen molar-refractivity contribution in [2.75, 3.05) is 49.6 Å². The summed E-state index contributed by atoms with van der Waals surface area (Å²) in [7, 11) is 1.63. The van der Waals surface area contributed by atoms with E-state index in [0.29, 0.717) is 56.9 Å². The minimum atomic E-state index is -0.446. The highest BCUT2D eigenvalue weighted by Crippen LogP contribution is 2.44. The number of methoxy groups -OCH3 is 1. The standard InChI is InChI=1S/C29H32N6O4/c1-39-25-17-23(7-8-24(25)21-18-31-32-19-21)34-16-11-29(27(34)37)9-14-33(15-10-29)26(36)20-3-5-22(6-4-20)35-13-2-12-30-28(35)38/h3-8,17-19H,2,9-16H2,1H3,(H,30,38)(H,31,32). The van der Waals surface area contributed by atoms with Crippen molar-refractivity contribution in [1.29, 1.82) is 0 Å². The van der Waals surface area contributed by atoms with Crippen LogP contribution < -0.4 is 19.9 Å². The normalized spacial score (nSPS) is 18.9. The van der Waals surface area contributed by atoms with E-state index in [4.69, 9.17) is 4.74 Å². The summed E-state index contributed by atoms with van der Waals surface area (Å²) >= 11 is 0. The van der Waals surface area contributed by atoms with Gasteiger partial charge in [-0.25, -0.2) is 4.79 Å². The van der Waals surface area contributed by atoms with Crippen molar-refractivity contribution in [3.8, 4) is 16.9 Å². The second-order valence-corrected chi connectivity index (χ2v) is 10.4. The predicted octanol–water partition coefficient (Wildman–Crippen LogP) is 3.66. The van der Waals surface area contributed by atoms with Crippen LogP contribution in [0.15, 0.2) is 54.9 Å².